The Labute approximate surface area is 202 Å². The van der Waals surface area contributed by atoms with E-state index in [0.717, 1.165) is 0 Å². The van der Waals surface area contributed by atoms with Gasteiger partial charge in [-0.3, -0.25) is 19.2 Å². The average Bonchev–Trinajstić information content (AvgIpc) is 3.28. The van der Waals surface area contributed by atoms with E-state index < -0.39 is 53.7 Å². The normalized spacial score (nSPS) is 17.7. The summed E-state index contributed by atoms with van der Waals surface area (Å²) in [6.45, 7) is 6.13. The Morgan fingerprint density at radius 3 is 2.14 bits per heavy atom. The number of nitrogens with zero attached hydrogens (tertiary/aromatic N) is 1. The molecule has 1 unspecified atom stereocenters. The first-order valence-electron chi connectivity index (χ1n) is 11.5. The number of likely N-dealkylation sites (tertiary alicyclic amines) is 1. The molecule has 0 radical (unpaired) electrons. The van der Waals surface area contributed by atoms with Gasteiger partial charge in [0.05, 0.1) is 6.04 Å². The number of rotatable bonds is 10. The SMILES string of the molecule is CC(C)C(NC(=O)[C@@H]1CCCN1C(=O)[C@@H](NC(=O)COc1ccccc1)C(C)C)C(=O)C(F)(F)F. The van der Waals surface area contributed by atoms with Gasteiger partial charge in [0.1, 0.15) is 17.8 Å². The van der Waals surface area contributed by atoms with Gasteiger partial charge in [0.15, 0.2) is 6.61 Å². The van der Waals surface area contributed by atoms with Gasteiger partial charge in [0.25, 0.3) is 11.7 Å². The van der Waals surface area contributed by atoms with Crippen molar-refractivity contribution in [2.75, 3.05) is 13.2 Å². The summed E-state index contributed by atoms with van der Waals surface area (Å²) >= 11 is 0. The van der Waals surface area contributed by atoms with Crippen molar-refractivity contribution >= 4 is 23.5 Å². The molecule has 35 heavy (non-hydrogen) atoms. The van der Waals surface area contributed by atoms with Crippen LogP contribution in [0.15, 0.2) is 30.3 Å². The third kappa shape index (κ3) is 7.69. The fourth-order valence-electron chi connectivity index (χ4n) is 3.84. The van der Waals surface area contributed by atoms with Crippen LogP contribution in [0.2, 0.25) is 0 Å². The van der Waals surface area contributed by atoms with Crippen LogP contribution >= 0.6 is 0 Å². The maximum absolute atomic E-state index is 13.3. The van der Waals surface area contributed by atoms with Gasteiger partial charge in [-0.25, -0.2) is 0 Å². The van der Waals surface area contributed by atoms with Crippen LogP contribution in [0.3, 0.4) is 0 Å². The first-order chi connectivity index (χ1) is 16.3. The van der Waals surface area contributed by atoms with E-state index in [1.807, 2.05) is 0 Å². The molecule has 194 valence electrons. The van der Waals surface area contributed by atoms with E-state index in [-0.39, 0.29) is 25.5 Å². The first kappa shape index (κ1) is 28.1. The van der Waals surface area contributed by atoms with E-state index in [0.29, 0.717) is 12.2 Å². The van der Waals surface area contributed by atoms with Crippen LogP contribution in [0.25, 0.3) is 0 Å². The number of amides is 3. The molecule has 2 rings (SSSR count). The average molecular weight is 500 g/mol. The van der Waals surface area contributed by atoms with E-state index in [1.54, 1.807) is 44.2 Å². The van der Waals surface area contributed by atoms with E-state index in [2.05, 4.69) is 10.6 Å². The van der Waals surface area contributed by atoms with Crippen molar-refractivity contribution < 1.29 is 37.1 Å². The lowest BCUT2D eigenvalue weighted by Crippen LogP contribution is -2.58. The van der Waals surface area contributed by atoms with E-state index >= 15 is 0 Å². The minimum atomic E-state index is -5.10. The highest BCUT2D eigenvalue weighted by Crippen LogP contribution is 2.24. The zero-order valence-corrected chi connectivity index (χ0v) is 20.2. The molecule has 3 amide bonds. The number of benzene rings is 1. The number of nitrogens with one attached hydrogen (secondary N) is 2. The number of ketones is 1. The summed E-state index contributed by atoms with van der Waals surface area (Å²) in [6.07, 6.45) is -4.40. The van der Waals surface area contributed by atoms with Crippen molar-refractivity contribution in [3.63, 3.8) is 0 Å². The number of carbonyl (C=O) groups excluding carboxylic acids is 4. The summed E-state index contributed by atoms with van der Waals surface area (Å²) in [5.74, 6) is -4.56. The van der Waals surface area contributed by atoms with Gasteiger partial charge >= 0.3 is 6.18 Å². The minimum Gasteiger partial charge on any atom is -0.484 e. The number of halogens is 3. The number of hydrogen-bond acceptors (Lipinski definition) is 5. The van der Waals surface area contributed by atoms with Gasteiger partial charge in [0, 0.05) is 6.54 Å². The Balaban J connectivity index is 2.07. The number of para-hydroxylation sites is 1. The predicted molar refractivity (Wildman–Crippen MR) is 121 cm³/mol. The number of carbonyl (C=O) groups is 4. The van der Waals surface area contributed by atoms with Gasteiger partial charge in [-0.2, -0.15) is 13.2 Å². The molecule has 1 aliphatic rings. The molecular formula is C24H32F3N3O5. The van der Waals surface area contributed by atoms with Crippen LogP contribution in [-0.4, -0.2) is 65.9 Å². The molecular weight excluding hydrogens is 467 g/mol. The fourth-order valence-corrected chi connectivity index (χ4v) is 3.84. The molecule has 3 atom stereocenters. The largest absolute Gasteiger partial charge is 0.484 e. The van der Waals surface area contributed by atoms with E-state index in [4.69, 9.17) is 4.74 Å². The number of hydrogen-bond donors (Lipinski definition) is 2. The molecule has 1 heterocycles. The van der Waals surface area contributed by atoms with Crippen LogP contribution in [0.4, 0.5) is 13.2 Å². The zero-order valence-electron chi connectivity index (χ0n) is 20.2. The summed E-state index contributed by atoms with van der Waals surface area (Å²) in [7, 11) is 0. The first-order valence-corrected chi connectivity index (χ1v) is 11.5. The highest BCUT2D eigenvalue weighted by atomic mass is 19.4. The lowest BCUT2D eigenvalue weighted by atomic mass is 9.98. The molecule has 0 aliphatic carbocycles. The molecule has 1 aromatic carbocycles. The summed E-state index contributed by atoms with van der Waals surface area (Å²) in [5.41, 5.74) is 0. The van der Waals surface area contributed by atoms with Crippen molar-refractivity contribution in [3.8, 4) is 5.75 Å². The van der Waals surface area contributed by atoms with Crippen LogP contribution in [0.1, 0.15) is 40.5 Å². The highest BCUT2D eigenvalue weighted by Gasteiger charge is 2.46. The Hall–Kier alpha value is -3.11. The molecule has 2 N–H and O–H groups in total. The quantitative estimate of drug-likeness (QED) is 0.515. The number of alkyl halides is 3. The minimum absolute atomic E-state index is 0.204. The van der Waals surface area contributed by atoms with E-state index in [9.17, 15) is 32.3 Å². The Kier molecular flexibility index (Phi) is 9.67. The maximum Gasteiger partial charge on any atom is 0.452 e. The van der Waals surface area contributed by atoms with Crippen molar-refractivity contribution in [3.05, 3.63) is 30.3 Å². The number of Topliss-reactive ketones (excluding diaryl/α,β-unsaturated/α-hetero) is 1. The second kappa shape index (κ2) is 12.0. The van der Waals surface area contributed by atoms with Crippen LogP contribution in [0, 0.1) is 11.8 Å². The smallest absolute Gasteiger partial charge is 0.452 e. The van der Waals surface area contributed by atoms with Crippen molar-refractivity contribution in [2.24, 2.45) is 11.8 Å². The molecule has 0 spiro atoms. The van der Waals surface area contributed by atoms with Crippen molar-refractivity contribution in [1.82, 2.24) is 15.5 Å². The second-order valence-electron chi connectivity index (χ2n) is 9.17. The third-order valence-corrected chi connectivity index (χ3v) is 5.73. The summed E-state index contributed by atoms with van der Waals surface area (Å²) < 4.78 is 44.3. The predicted octanol–water partition coefficient (Wildman–Crippen LogP) is 2.47. The molecule has 1 aliphatic heterocycles. The van der Waals surface area contributed by atoms with Crippen LogP contribution in [0.5, 0.6) is 5.75 Å². The summed E-state index contributed by atoms with van der Waals surface area (Å²) in [6, 6.07) is 4.90. The topological polar surface area (TPSA) is 105 Å². The van der Waals surface area contributed by atoms with Gasteiger partial charge < -0.3 is 20.3 Å². The number of ether oxygens (including phenoxy) is 1. The molecule has 1 saturated heterocycles. The molecule has 0 saturated carbocycles. The lowest BCUT2D eigenvalue weighted by Gasteiger charge is -2.31. The zero-order chi connectivity index (χ0) is 26.3. The van der Waals surface area contributed by atoms with Crippen molar-refractivity contribution in [2.45, 2.75) is 64.8 Å². The lowest BCUT2D eigenvalue weighted by molar-refractivity contribution is -0.175. The maximum atomic E-state index is 13.3. The van der Waals surface area contributed by atoms with Gasteiger partial charge in [0.2, 0.25) is 11.8 Å². The summed E-state index contributed by atoms with van der Waals surface area (Å²) in [4.78, 5) is 51.6. The monoisotopic (exact) mass is 499 g/mol. The van der Waals surface area contributed by atoms with Gasteiger partial charge in [-0.05, 0) is 36.8 Å². The third-order valence-electron chi connectivity index (χ3n) is 5.73. The molecule has 0 aromatic heterocycles. The van der Waals surface area contributed by atoms with Gasteiger partial charge in [-0.1, -0.05) is 45.9 Å². The molecule has 8 nitrogen and oxygen atoms in total. The highest BCUT2D eigenvalue weighted by molar-refractivity contribution is 5.96. The standard InChI is InChI=1S/C24H32F3N3O5/c1-14(2)19(21(32)24(25,26)27)29-22(33)17-11-8-12-30(17)23(34)20(15(3)4)28-18(31)13-35-16-9-6-5-7-10-16/h5-7,9-10,14-15,17,19-20H,8,11-13H2,1-4H3,(H,28,31)(H,29,33)/t17-,19?,20-/m0/s1. The second-order valence-corrected chi connectivity index (χ2v) is 9.17. The molecule has 0 bridgehead atoms. The Morgan fingerprint density at radius 2 is 1.60 bits per heavy atom. The Bertz CT molecular complexity index is 905. The Morgan fingerprint density at radius 1 is 1.00 bits per heavy atom. The summed E-state index contributed by atoms with van der Waals surface area (Å²) in [5, 5.41) is 4.82. The molecule has 1 fully saturated rings. The molecule has 11 heteroatoms. The van der Waals surface area contributed by atoms with Crippen LogP contribution < -0.4 is 15.4 Å². The van der Waals surface area contributed by atoms with Crippen LogP contribution in [-0.2, 0) is 19.2 Å². The van der Waals surface area contributed by atoms with Gasteiger partial charge in [-0.15, -0.1) is 0 Å². The van der Waals surface area contributed by atoms with E-state index in [1.165, 1.54) is 18.7 Å². The molecule has 1 aromatic rings. The van der Waals surface area contributed by atoms with Crippen molar-refractivity contribution in [1.29, 1.82) is 0 Å². The fraction of sp³-hybridized carbons (Fsp3) is 0.583.